The second-order valence-electron chi connectivity index (χ2n) is 4.77. The summed E-state index contributed by atoms with van der Waals surface area (Å²) in [6.07, 6.45) is 1.59. The summed E-state index contributed by atoms with van der Waals surface area (Å²) in [5.74, 6) is 0. The van der Waals surface area contributed by atoms with Gasteiger partial charge in [0, 0.05) is 16.6 Å². The van der Waals surface area contributed by atoms with E-state index in [1.54, 1.807) is 54.0 Å². The van der Waals surface area contributed by atoms with Gasteiger partial charge in [-0.3, -0.25) is 0 Å². The Hall–Kier alpha value is -1.89. The summed E-state index contributed by atoms with van der Waals surface area (Å²) in [5, 5.41) is 2.80. The molecule has 3 aromatic rings. The molecule has 0 saturated heterocycles. The third kappa shape index (κ3) is 3.55. The van der Waals surface area contributed by atoms with E-state index >= 15 is 0 Å². The molecule has 0 saturated carbocycles. The van der Waals surface area contributed by atoms with Crippen molar-refractivity contribution in [2.45, 2.75) is 11.4 Å². The van der Waals surface area contributed by atoms with Crippen LogP contribution in [0.15, 0.2) is 71.1 Å². The Morgan fingerprint density at radius 2 is 1.74 bits per heavy atom. The van der Waals surface area contributed by atoms with Gasteiger partial charge in [0.25, 0.3) is 10.0 Å². The van der Waals surface area contributed by atoms with Gasteiger partial charge in [-0.15, -0.1) is 11.3 Å². The van der Waals surface area contributed by atoms with Crippen molar-refractivity contribution in [3.05, 3.63) is 76.8 Å². The van der Waals surface area contributed by atoms with Crippen molar-refractivity contribution in [2.24, 2.45) is 0 Å². The molecule has 0 fully saturated rings. The van der Waals surface area contributed by atoms with Crippen molar-refractivity contribution in [3.63, 3.8) is 0 Å². The fourth-order valence-electron chi connectivity index (χ4n) is 2.07. The SMILES string of the molecule is O=S(=O)(c1ccccc1)N(Cc1ccc(Cl)cc1)c1nccs1. The zero-order chi connectivity index (χ0) is 16.3. The number of sulfonamides is 1. The predicted octanol–water partition coefficient (Wildman–Crippen LogP) is 4.19. The molecule has 118 valence electrons. The van der Waals surface area contributed by atoms with Crippen LogP contribution in [0.25, 0.3) is 0 Å². The molecular formula is C16H13ClN2O2S2. The van der Waals surface area contributed by atoms with Crippen molar-refractivity contribution < 1.29 is 8.42 Å². The van der Waals surface area contributed by atoms with Crippen LogP contribution < -0.4 is 4.31 Å². The number of hydrogen-bond donors (Lipinski definition) is 0. The Bertz CT molecular complexity index is 864. The number of aromatic nitrogens is 1. The molecule has 1 aromatic heterocycles. The molecule has 0 aliphatic rings. The quantitative estimate of drug-likeness (QED) is 0.682. The first-order valence-electron chi connectivity index (χ1n) is 6.79. The molecule has 23 heavy (non-hydrogen) atoms. The van der Waals surface area contributed by atoms with Gasteiger partial charge in [0.2, 0.25) is 0 Å². The van der Waals surface area contributed by atoms with E-state index in [9.17, 15) is 8.42 Å². The van der Waals surface area contributed by atoms with E-state index in [-0.39, 0.29) is 11.4 Å². The lowest BCUT2D eigenvalue weighted by atomic mass is 10.2. The molecule has 4 nitrogen and oxygen atoms in total. The van der Waals surface area contributed by atoms with E-state index in [0.717, 1.165) is 5.56 Å². The minimum atomic E-state index is -3.68. The number of halogens is 1. The maximum absolute atomic E-state index is 13.0. The summed E-state index contributed by atoms with van der Waals surface area (Å²) >= 11 is 7.18. The summed E-state index contributed by atoms with van der Waals surface area (Å²) in [6, 6.07) is 15.5. The van der Waals surface area contributed by atoms with Crippen LogP contribution in [0.3, 0.4) is 0 Å². The monoisotopic (exact) mass is 364 g/mol. The third-order valence-electron chi connectivity index (χ3n) is 3.20. The van der Waals surface area contributed by atoms with Crippen LogP contribution in [0.4, 0.5) is 5.13 Å². The Balaban J connectivity index is 2.01. The topological polar surface area (TPSA) is 50.3 Å². The molecule has 0 N–H and O–H groups in total. The van der Waals surface area contributed by atoms with Gasteiger partial charge in [-0.05, 0) is 29.8 Å². The highest BCUT2D eigenvalue weighted by molar-refractivity contribution is 7.93. The second kappa shape index (κ2) is 6.70. The maximum Gasteiger partial charge on any atom is 0.266 e. The van der Waals surface area contributed by atoms with Crippen LogP contribution in [-0.4, -0.2) is 13.4 Å². The fourth-order valence-corrected chi connectivity index (χ4v) is 4.49. The van der Waals surface area contributed by atoms with Crippen LogP contribution in [0, 0.1) is 0 Å². The Kier molecular flexibility index (Phi) is 4.66. The van der Waals surface area contributed by atoms with E-state index in [2.05, 4.69) is 4.98 Å². The third-order valence-corrected chi connectivity index (χ3v) is 6.12. The Labute approximate surface area is 144 Å². The summed E-state index contributed by atoms with van der Waals surface area (Å²) in [4.78, 5) is 4.40. The Morgan fingerprint density at radius 1 is 1.04 bits per heavy atom. The minimum absolute atomic E-state index is 0.196. The molecule has 0 bridgehead atoms. The van der Waals surface area contributed by atoms with Crippen molar-refractivity contribution >= 4 is 38.1 Å². The molecule has 0 amide bonds. The normalized spacial score (nSPS) is 11.3. The maximum atomic E-state index is 13.0. The number of benzene rings is 2. The van der Waals surface area contributed by atoms with Gasteiger partial charge in [0.15, 0.2) is 5.13 Å². The average Bonchev–Trinajstić information content (AvgIpc) is 3.09. The van der Waals surface area contributed by atoms with Gasteiger partial charge < -0.3 is 0 Å². The van der Waals surface area contributed by atoms with Crippen molar-refractivity contribution in [2.75, 3.05) is 4.31 Å². The van der Waals surface area contributed by atoms with E-state index in [1.807, 2.05) is 12.1 Å². The van der Waals surface area contributed by atoms with Crippen LogP contribution in [0.1, 0.15) is 5.56 Å². The fraction of sp³-hybridized carbons (Fsp3) is 0.0625. The lowest BCUT2D eigenvalue weighted by Crippen LogP contribution is -2.30. The highest BCUT2D eigenvalue weighted by atomic mass is 35.5. The van der Waals surface area contributed by atoms with E-state index in [4.69, 9.17) is 11.6 Å². The lowest BCUT2D eigenvalue weighted by Gasteiger charge is -2.22. The van der Waals surface area contributed by atoms with Gasteiger partial charge in [-0.1, -0.05) is 41.9 Å². The number of anilines is 1. The molecule has 0 unspecified atom stereocenters. The molecular weight excluding hydrogens is 352 g/mol. The minimum Gasteiger partial charge on any atom is -0.237 e. The van der Waals surface area contributed by atoms with Gasteiger partial charge >= 0.3 is 0 Å². The first-order valence-corrected chi connectivity index (χ1v) is 9.49. The van der Waals surface area contributed by atoms with Crippen LogP contribution in [0.5, 0.6) is 0 Å². The molecule has 0 atom stereocenters. The molecule has 0 aliphatic heterocycles. The Morgan fingerprint density at radius 3 is 2.35 bits per heavy atom. The standard InChI is InChI=1S/C16H13ClN2O2S2/c17-14-8-6-13(7-9-14)12-19(16-18-10-11-22-16)23(20,21)15-4-2-1-3-5-15/h1-11H,12H2. The van der Waals surface area contributed by atoms with Gasteiger partial charge in [-0.25, -0.2) is 17.7 Å². The predicted molar refractivity (Wildman–Crippen MR) is 93.4 cm³/mol. The highest BCUT2D eigenvalue weighted by Crippen LogP contribution is 2.27. The molecule has 0 spiro atoms. The second-order valence-corrected chi connectivity index (χ2v) is 7.94. The van der Waals surface area contributed by atoms with Crippen molar-refractivity contribution in [3.8, 4) is 0 Å². The summed E-state index contributed by atoms with van der Waals surface area (Å²) in [7, 11) is -3.68. The average molecular weight is 365 g/mol. The number of rotatable bonds is 5. The van der Waals surface area contributed by atoms with Crippen LogP contribution >= 0.6 is 22.9 Å². The largest absolute Gasteiger partial charge is 0.266 e. The first kappa shape index (κ1) is 16.0. The zero-order valence-corrected chi connectivity index (χ0v) is 14.4. The zero-order valence-electron chi connectivity index (χ0n) is 12.0. The van der Waals surface area contributed by atoms with Crippen LogP contribution in [0.2, 0.25) is 5.02 Å². The molecule has 2 aromatic carbocycles. The molecule has 1 heterocycles. The van der Waals surface area contributed by atoms with Crippen LogP contribution in [-0.2, 0) is 16.6 Å². The van der Waals surface area contributed by atoms with Gasteiger partial charge in [-0.2, -0.15) is 0 Å². The molecule has 0 radical (unpaired) electrons. The van der Waals surface area contributed by atoms with Crippen molar-refractivity contribution in [1.82, 2.24) is 4.98 Å². The summed E-state index contributed by atoms with van der Waals surface area (Å²) < 4.78 is 27.3. The number of thiazole rings is 1. The number of hydrogen-bond acceptors (Lipinski definition) is 4. The smallest absolute Gasteiger partial charge is 0.237 e. The molecule has 0 aliphatic carbocycles. The van der Waals surface area contributed by atoms with E-state index < -0.39 is 10.0 Å². The van der Waals surface area contributed by atoms with E-state index in [0.29, 0.717) is 10.2 Å². The van der Waals surface area contributed by atoms with E-state index in [1.165, 1.54) is 15.6 Å². The molecule has 7 heteroatoms. The summed E-state index contributed by atoms with van der Waals surface area (Å²) in [5.41, 5.74) is 0.837. The first-order chi connectivity index (χ1) is 11.1. The van der Waals surface area contributed by atoms with Crippen molar-refractivity contribution in [1.29, 1.82) is 0 Å². The highest BCUT2D eigenvalue weighted by Gasteiger charge is 2.26. The number of nitrogens with zero attached hydrogens (tertiary/aromatic N) is 2. The van der Waals surface area contributed by atoms with Gasteiger partial charge in [0.05, 0.1) is 11.4 Å². The lowest BCUT2D eigenvalue weighted by molar-refractivity contribution is 0.590. The summed E-state index contributed by atoms with van der Waals surface area (Å²) in [6.45, 7) is 0.196. The molecule has 3 rings (SSSR count). The van der Waals surface area contributed by atoms with Gasteiger partial charge in [0.1, 0.15) is 0 Å².